The van der Waals surface area contributed by atoms with Crippen molar-refractivity contribution in [2.45, 2.75) is 32.2 Å². The molecule has 1 amide bonds. The van der Waals surface area contributed by atoms with Crippen molar-refractivity contribution >= 4 is 29.3 Å². The number of rotatable bonds is 5. The Morgan fingerprint density at radius 3 is 2.78 bits per heavy atom. The second-order valence-corrected chi connectivity index (χ2v) is 6.23. The first-order chi connectivity index (χ1) is 10.7. The lowest BCUT2D eigenvalue weighted by molar-refractivity contribution is -0.131. The predicted molar refractivity (Wildman–Crippen MR) is 94.8 cm³/mol. The minimum atomic E-state index is 0. The maximum Gasteiger partial charge on any atom is 0.222 e. The Bertz CT molecular complexity index is 602. The normalized spacial score (nSPS) is 15.3. The van der Waals surface area contributed by atoms with E-state index in [0.29, 0.717) is 18.9 Å². The van der Waals surface area contributed by atoms with Gasteiger partial charge in [-0.25, -0.2) is 0 Å². The van der Waals surface area contributed by atoms with E-state index in [2.05, 4.69) is 5.32 Å². The average Bonchev–Trinajstić information content (AvgIpc) is 2.95. The Hall–Kier alpha value is -1.52. The maximum absolute atomic E-state index is 12.3. The van der Waals surface area contributed by atoms with Crippen LogP contribution in [-0.4, -0.2) is 30.9 Å². The number of carbonyl (C=O) groups is 1. The number of nitrogens with zero attached hydrogens (tertiary/aromatic N) is 1. The van der Waals surface area contributed by atoms with Crippen LogP contribution in [0.5, 0.6) is 0 Å². The minimum absolute atomic E-state index is 0. The highest BCUT2D eigenvalue weighted by Gasteiger charge is 2.17. The third-order valence-corrected chi connectivity index (χ3v) is 4.52. The van der Waals surface area contributed by atoms with Gasteiger partial charge in [0.2, 0.25) is 5.91 Å². The fraction of sp³-hybridized carbons (Fsp3) is 0.500. The van der Waals surface area contributed by atoms with Crippen molar-refractivity contribution in [3.8, 4) is 0 Å². The van der Waals surface area contributed by atoms with E-state index >= 15 is 0 Å². The number of nitrogens with one attached hydrogen (secondary N) is 1. The zero-order chi connectivity index (χ0) is 15.4. The number of piperidine rings is 1. The van der Waals surface area contributed by atoms with Crippen molar-refractivity contribution in [3.63, 3.8) is 0 Å². The molecule has 126 valence electrons. The molecule has 4 nitrogen and oxygen atoms in total. The third kappa shape index (κ3) is 4.72. The van der Waals surface area contributed by atoms with E-state index in [1.54, 1.807) is 4.90 Å². The van der Waals surface area contributed by atoms with Gasteiger partial charge in [0, 0.05) is 18.9 Å². The van der Waals surface area contributed by atoms with Crippen LogP contribution in [0.25, 0.3) is 11.0 Å². The van der Waals surface area contributed by atoms with Crippen LogP contribution < -0.4 is 5.32 Å². The summed E-state index contributed by atoms with van der Waals surface area (Å²) in [6.07, 6.45) is 4.04. The number of hydrogen-bond acceptors (Lipinski definition) is 3. The molecule has 23 heavy (non-hydrogen) atoms. The Kier molecular flexibility index (Phi) is 6.48. The molecule has 0 aliphatic carbocycles. The Morgan fingerprint density at radius 1 is 1.30 bits per heavy atom. The first-order valence-corrected chi connectivity index (χ1v) is 8.14. The fourth-order valence-electron chi connectivity index (χ4n) is 3.13. The van der Waals surface area contributed by atoms with Gasteiger partial charge < -0.3 is 14.6 Å². The van der Waals surface area contributed by atoms with Gasteiger partial charge in [-0.15, -0.1) is 12.4 Å². The van der Waals surface area contributed by atoms with Crippen LogP contribution in [0.3, 0.4) is 0 Å². The number of benzene rings is 1. The summed E-state index contributed by atoms with van der Waals surface area (Å²) in [5.74, 6) is 1.75. The second-order valence-electron chi connectivity index (χ2n) is 6.23. The van der Waals surface area contributed by atoms with E-state index in [-0.39, 0.29) is 18.3 Å². The Labute approximate surface area is 143 Å². The lowest BCUT2D eigenvalue weighted by atomic mass is 9.93. The molecule has 0 spiro atoms. The Morgan fingerprint density at radius 2 is 2.04 bits per heavy atom. The van der Waals surface area contributed by atoms with Crippen molar-refractivity contribution in [1.29, 1.82) is 0 Å². The molecule has 3 rings (SSSR count). The molecule has 2 aromatic rings. The summed E-state index contributed by atoms with van der Waals surface area (Å²) < 4.78 is 5.78. The van der Waals surface area contributed by atoms with Crippen molar-refractivity contribution in [2.24, 2.45) is 5.92 Å². The molecular weight excluding hydrogens is 312 g/mol. The lowest BCUT2D eigenvalue weighted by Crippen LogP contribution is -2.30. The van der Waals surface area contributed by atoms with Gasteiger partial charge in [-0.1, -0.05) is 18.2 Å². The number of para-hydroxylation sites is 1. The molecule has 2 heterocycles. The van der Waals surface area contributed by atoms with Crippen LogP contribution >= 0.6 is 12.4 Å². The highest BCUT2D eigenvalue weighted by Crippen LogP contribution is 2.21. The molecule has 1 saturated heterocycles. The largest absolute Gasteiger partial charge is 0.459 e. The van der Waals surface area contributed by atoms with E-state index in [1.165, 1.54) is 12.8 Å². The lowest BCUT2D eigenvalue weighted by Gasteiger charge is -2.23. The molecule has 1 N–H and O–H groups in total. The third-order valence-electron chi connectivity index (χ3n) is 4.52. The van der Waals surface area contributed by atoms with Crippen molar-refractivity contribution in [2.75, 3.05) is 20.1 Å². The average molecular weight is 337 g/mol. The number of carbonyl (C=O) groups excluding carboxylic acids is 1. The molecular formula is C18H25ClN2O2. The maximum atomic E-state index is 12.3. The van der Waals surface area contributed by atoms with Gasteiger partial charge in [0.05, 0.1) is 6.54 Å². The summed E-state index contributed by atoms with van der Waals surface area (Å²) in [5.41, 5.74) is 0.882. The topological polar surface area (TPSA) is 45.5 Å². The monoisotopic (exact) mass is 336 g/mol. The summed E-state index contributed by atoms with van der Waals surface area (Å²) in [7, 11) is 1.86. The van der Waals surface area contributed by atoms with Gasteiger partial charge in [0.25, 0.3) is 0 Å². The number of fused-ring (bicyclic) bond motifs is 1. The zero-order valence-electron chi connectivity index (χ0n) is 13.6. The number of furan rings is 1. The predicted octanol–water partition coefficient (Wildman–Crippen LogP) is 3.59. The Balaban J connectivity index is 0.00000192. The minimum Gasteiger partial charge on any atom is -0.459 e. The fourth-order valence-corrected chi connectivity index (χ4v) is 3.13. The number of halogens is 1. The highest BCUT2D eigenvalue weighted by atomic mass is 35.5. The molecule has 0 bridgehead atoms. The standard InChI is InChI=1S/C18H24N2O2.ClH/c1-20(18(21)7-6-14-8-10-19-11-9-14)13-16-12-15-4-2-3-5-17(15)22-16;/h2-5,12,14,19H,6-11,13H2,1H3;1H. The molecule has 1 fully saturated rings. The van der Waals surface area contributed by atoms with Crippen LogP contribution in [0.15, 0.2) is 34.7 Å². The van der Waals surface area contributed by atoms with E-state index in [9.17, 15) is 4.79 Å². The summed E-state index contributed by atoms with van der Waals surface area (Å²) in [4.78, 5) is 14.1. The van der Waals surface area contributed by atoms with E-state index < -0.39 is 0 Å². The van der Waals surface area contributed by atoms with Crippen molar-refractivity contribution in [3.05, 3.63) is 36.1 Å². The molecule has 1 aromatic heterocycles. The highest BCUT2D eigenvalue weighted by molar-refractivity contribution is 5.85. The summed E-state index contributed by atoms with van der Waals surface area (Å²) in [6, 6.07) is 9.96. The van der Waals surface area contributed by atoms with Crippen molar-refractivity contribution in [1.82, 2.24) is 10.2 Å². The van der Waals surface area contributed by atoms with Gasteiger partial charge in [0.15, 0.2) is 0 Å². The molecule has 5 heteroatoms. The zero-order valence-corrected chi connectivity index (χ0v) is 14.4. The molecule has 0 radical (unpaired) electrons. The molecule has 1 aliphatic rings. The van der Waals surface area contributed by atoms with Gasteiger partial charge in [-0.05, 0) is 50.4 Å². The second kappa shape index (κ2) is 8.37. The summed E-state index contributed by atoms with van der Waals surface area (Å²) in [5, 5.41) is 4.45. The van der Waals surface area contributed by atoms with Crippen LogP contribution in [0.2, 0.25) is 0 Å². The van der Waals surface area contributed by atoms with E-state index in [1.807, 2.05) is 37.4 Å². The van der Waals surface area contributed by atoms with Gasteiger partial charge in [-0.3, -0.25) is 4.79 Å². The smallest absolute Gasteiger partial charge is 0.222 e. The molecule has 1 aliphatic heterocycles. The molecule has 0 atom stereocenters. The van der Waals surface area contributed by atoms with Crippen LogP contribution in [0.4, 0.5) is 0 Å². The summed E-state index contributed by atoms with van der Waals surface area (Å²) >= 11 is 0. The van der Waals surface area contributed by atoms with Gasteiger partial charge in [0.1, 0.15) is 11.3 Å². The number of hydrogen-bond donors (Lipinski definition) is 1. The quantitative estimate of drug-likeness (QED) is 0.907. The van der Waals surface area contributed by atoms with Crippen molar-refractivity contribution < 1.29 is 9.21 Å². The molecule has 1 aromatic carbocycles. The van der Waals surface area contributed by atoms with Gasteiger partial charge in [-0.2, -0.15) is 0 Å². The van der Waals surface area contributed by atoms with Crippen LogP contribution in [0.1, 0.15) is 31.4 Å². The summed E-state index contributed by atoms with van der Waals surface area (Å²) in [6.45, 7) is 2.72. The molecule has 0 unspecified atom stereocenters. The first kappa shape index (κ1) is 17.8. The van der Waals surface area contributed by atoms with Gasteiger partial charge >= 0.3 is 0 Å². The van der Waals surface area contributed by atoms with Crippen LogP contribution in [-0.2, 0) is 11.3 Å². The van der Waals surface area contributed by atoms with E-state index in [0.717, 1.165) is 36.2 Å². The molecule has 0 saturated carbocycles. The van der Waals surface area contributed by atoms with E-state index in [4.69, 9.17) is 4.42 Å². The SMILES string of the molecule is CN(Cc1cc2ccccc2o1)C(=O)CCC1CCNCC1.Cl. The first-order valence-electron chi connectivity index (χ1n) is 8.14. The van der Waals surface area contributed by atoms with Crippen LogP contribution in [0, 0.1) is 5.92 Å². The number of amides is 1.